The van der Waals surface area contributed by atoms with E-state index in [0.717, 1.165) is 25.7 Å². The Kier molecular flexibility index (Phi) is 2.04. The van der Waals surface area contributed by atoms with Crippen molar-refractivity contribution in [2.24, 2.45) is 0 Å². The van der Waals surface area contributed by atoms with Gasteiger partial charge < -0.3 is 9.52 Å². The second kappa shape index (κ2) is 3.20. The number of carboxylic acid groups (broad SMARTS) is 1. The maximum Gasteiger partial charge on any atom is 0.373 e. The van der Waals surface area contributed by atoms with Gasteiger partial charge in [0.2, 0.25) is 5.76 Å². The largest absolute Gasteiger partial charge is 0.475 e. The Morgan fingerprint density at radius 2 is 2.23 bits per heavy atom. The van der Waals surface area contributed by atoms with Crippen LogP contribution < -0.4 is 0 Å². The predicted octanol–water partition coefficient (Wildman–Crippen LogP) is 2.03. The highest BCUT2D eigenvalue weighted by Crippen LogP contribution is 2.34. The van der Waals surface area contributed by atoms with Crippen LogP contribution in [-0.2, 0) is 0 Å². The zero-order valence-electron chi connectivity index (χ0n) is 7.19. The van der Waals surface area contributed by atoms with Crippen molar-refractivity contribution in [3.8, 4) is 0 Å². The van der Waals surface area contributed by atoms with Crippen LogP contribution in [0.5, 0.6) is 0 Å². The van der Waals surface area contributed by atoms with E-state index < -0.39 is 5.97 Å². The molecule has 0 aliphatic heterocycles. The summed E-state index contributed by atoms with van der Waals surface area (Å²) >= 11 is 0. The van der Waals surface area contributed by atoms with Gasteiger partial charge in [0.05, 0.1) is 5.69 Å². The van der Waals surface area contributed by atoms with Crippen molar-refractivity contribution in [1.82, 2.24) is 4.98 Å². The van der Waals surface area contributed by atoms with Crippen LogP contribution in [-0.4, -0.2) is 16.1 Å². The SMILES string of the molecule is O=C(O)c1ocnc1C1CCCC1. The molecule has 0 spiro atoms. The predicted molar refractivity (Wildman–Crippen MR) is 44.7 cm³/mol. The summed E-state index contributed by atoms with van der Waals surface area (Å²) in [6.45, 7) is 0. The molecular weight excluding hydrogens is 170 g/mol. The van der Waals surface area contributed by atoms with Crippen LogP contribution in [0.25, 0.3) is 0 Å². The number of carbonyl (C=O) groups is 1. The molecule has 70 valence electrons. The first-order valence-corrected chi connectivity index (χ1v) is 4.45. The van der Waals surface area contributed by atoms with Crippen LogP contribution in [0.2, 0.25) is 0 Å². The van der Waals surface area contributed by atoms with Gasteiger partial charge in [-0.15, -0.1) is 0 Å². The van der Waals surface area contributed by atoms with Crippen LogP contribution in [0.15, 0.2) is 10.8 Å². The van der Waals surface area contributed by atoms with E-state index >= 15 is 0 Å². The molecule has 1 fully saturated rings. The van der Waals surface area contributed by atoms with E-state index in [9.17, 15) is 4.79 Å². The summed E-state index contributed by atoms with van der Waals surface area (Å²) < 4.78 is 4.83. The van der Waals surface area contributed by atoms with Gasteiger partial charge in [0.15, 0.2) is 6.39 Å². The third-order valence-corrected chi connectivity index (χ3v) is 2.53. The molecule has 1 saturated carbocycles. The van der Waals surface area contributed by atoms with Gasteiger partial charge >= 0.3 is 5.97 Å². The van der Waals surface area contributed by atoms with Crippen molar-refractivity contribution in [1.29, 1.82) is 0 Å². The Labute approximate surface area is 75.6 Å². The molecule has 0 amide bonds. The number of rotatable bonds is 2. The maximum atomic E-state index is 10.7. The molecule has 0 saturated heterocycles. The number of nitrogens with zero attached hydrogens (tertiary/aromatic N) is 1. The fourth-order valence-corrected chi connectivity index (χ4v) is 1.90. The molecule has 0 bridgehead atoms. The Morgan fingerprint density at radius 3 is 2.85 bits per heavy atom. The van der Waals surface area contributed by atoms with Crippen molar-refractivity contribution >= 4 is 5.97 Å². The van der Waals surface area contributed by atoms with E-state index in [2.05, 4.69) is 4.98 Å². The minimum Gasteiger partial charge on any atom is -0.475 e. The number of hydrogen-bond acceptors (Lipinski definition) is 3. The molecule has 0 radical (unpaired) electrons. The van der Waals surface area contributed by atoms with Crippen LogP contribution in [0.3, 0.4) is 0 Å². The summed E-state index contributed by atoms with van der Waals surface area (Å²) in [6.07, 6.45) is 5.61. The lowest BCUT2D eigenvalue weighted by Crippen LogP contribution is -2.03. The van der Waals surface area contributed by atoms with E-state index in [1.807, 2.05) is 0 Å². The smallest absolute Gasteiger partial charge is 0.373 e. The molecule has 1 N–H and O–H groups in total. The fourth-order valence-electron chi connectivity index (χ4n) is 1.90. The van der Waals surface area contributed by atoms with Crippen LogP contribution >= 0.6 is 0 Å². The topological polar surface area (TPSA) is 63.3 Å². The van der Waals surface area contributed by atoms with Gasteiger partial charge in [0, 0.05) is 5.92 Å². The van der Waals surface area contributed by atoms with Crippen molar-refractivity contribution in [2.75, 3.05) is 0 Å². The van der Waals surface area contributed by atoms with Crippen molar-refractivity contribution < 1.29 is 14.3 Å². The molecule has 4 nitrogen and oxygen atoms in total. The first kappa shape index (κ1) is 8.29. The van der Waals surface area contributed by atoms with Crippen LogP contribution in [0.4, 0.5) is 0 Å². The molecule has 1 aliphatic carbocycles. The lowest BCUT2D eigenvalue weighted by molar-refractivity contribution is 0.0660. The van der Waals surface area contributed by atoms with Crippen molar-refractivity contribution in [2.45, 2.75) is 31.6 Å². The molecule has 0 aromatic carbocycles. The molecule has 1 aromatic heterocycles. The lowest BCUT2D eigenvalue weighted by atomic mass is 10.0. The maximum absolute atomic E-state index is 10.7. The summed E-state index contributed by atoms with van der Waals surface area (Å²) in [5.41, 5.74) is 0.630. The normalized spacial score (nSPS) is 17.8. The first-order valence-electron chi connectivity index (χ1n) is 4.45. The second-order valence-electron chi connectivity index (χ2n) is 3.35. The number of aromatic nitrogens is 1. The number of carboxylic acids is 1. The number of aromatic carboxylic acids is 1. The van der Waals surface area contributed by atoms with Gasteiger partial charge in [-0.25, -0.2) is 9.78 Å². The molecule has 1 aliphatic rings. The summed E-state index contributed by atoms with van der Waals surface area (Å²) in [4.78, 5) is 14.7. The molecule has 4 heteroatoms. The summed E-state index contributed by atoms with van der Waals surface area (Å²) in [6, 6.07) is 0. The van der Waals surface area contributed by atoms with Gasteiger partial charge in [0.25, 0.3) is 0 Å². The van der Waals surface area contributed by atoms with Crippen molar-refractivity contribution in [3.63, 3.8) is 0 Å². The highest BCUT2D eigenvalue weighted by molar-refractivity contribution is 5.85. The van der Waals surface area contributed by atoms with E-state index in [1.165, 1.54) is 6.39 Å². The van der Waals surface area contributed by atoms with Gasteiger partial charge in [-0.1, -0.05) is 12.8 Å². The van der Waals surface area contributed by atoms with E-state index in [1.54, 1.807) is 0 Å². The molecular formula is C9H11NO3. The zero-order valence-corrected chi connectivity index (χ0v) is 7.19. The number of hydrogen-bond donors (Lipinski definition) is 1. The third-order valence-electron chi connectivity index (χ3n) is 2.53. The monoisotopic (exact) mass is 181 g/mol. The Morgan fingerprint density at radius 1 is 1.54 bits per heavy atom. The standard InChI is InChI=1S/C9H11NO3/c11-9(12)8-7(10-5-13-8)6-3-1-2-4-6/h5-6H,1-4H2,(H,11,12). The average molecular weight is 181 g/mol. The zero-order chi connectivity index (χ0) is 9.26. The minimum atomic E-state index is -1.01. The summed E-state index contributed by atoms with van der Waals surface area (Å²) in [5, 5.41) is 8.78. The Hall–Kier alpha value is -1.32. The van der Waals surface area contributed by atoms with Gasteiger partial charge in [-0.2, -0.15) is 0 Å². The summed E-state index contributed by atoms with van der Waals surface area (Å²) in [5.74, 6) is -0.698. The molecule has 0 atom stereocenters. The Bertz CT molecular complexity index is 312. The molecule has 13 heavy (non-hydrogen) atoms. The second-order valence-corrected chi connectivity index (χ2v) is 3.35. The molecule has 1 heterocycles. The van der Waals surface area contributed by atoms with Crippen molar-refractivity contribution in [3.05, 3.63) is 17.8 Å². The lowest BCUT2D eigenvalue weighted by Gasteiger charge is -2.04. The van der Waals surface area contributed by atoms with E-state index in [4.69, 9.17) is 9.52 Å². The van der Waals surface area contributed by atoms with E-state index in [0.29, 0.717) is 11.6 Å². The fraction of sp³-hybridized carbons (Fsp3) is 0.556. The average Bonchev–Trinajstić information content (AvgIpc) is 2.74. The van der Waals surface area contributed by atoms with Gasteiger partial charge in [0.1, 0.15) is 0 Å². The van der Waals surface area contributed by atoms with E-state index in [-0.39, 0.29) is 5.76 Å². The van der Waals surface area contributed by atoms with Crippen LogP contribution in [0.1, 0.15) is 47.8 Å². The molecule has 1 aromatic rings. The quantitative estimate of drug-likeness (QED) is 0.758. The number of oxazole rings is 1. The third kappa shape index (κ3) is 1.43. The Balaban J connectivity index is 2.28. The van der Waals surface area contributed by atoms with Crippen LogP contribution in [0, 0.1) is 0 Å². The minimum absolute atomic E-state index is 0.0203. The van der Waals surface area contributed by atoms with Gasteiger partial charge in [-0.3, -0.25) is 0 Å². The van der Waals surface area contributed by atoms with Gasteiger partial charge in [-0.05, 0) is 12.8 Å². The first-order chi connectivity index (χ1) is 6.29. The molecule has 2 rings (SSSR count). The highest BCUT2D eigenvalue weighted by Gasteiger charge is 2.26. The molecule has 0 unspecified atom stereocenters. The highest BCUT2D eigenvalue weighted by atomic mass is 16.4. The summed E-state index contributed by atoms with van der Waals surface area (Å²) in [7, 11) is 0.